The number of para-hydroxylation sites is 2. The van der Waals surface area contributed by atoms with Crippen molar-refractivity contribution in [2.24, 2.45) is 0 Å². The van der Waals surface area contributed by atoms with E-state index in [9.17, 15) is 13.2 Å². The van der Waals surface area contributed by atoms with E-state index < -0.39 is 15.8 Å². The van der Waals surface area contributed by atoms with E-state index in [4.69, 9.17) is 13.9 Å². The Bertz CT molecular complexity index is 1040. The molecule has 0 saturated carbocycles. The van der Waals surface area contributed by atoms with Gasteiger partial charge in [0.2, 0.25) is 5.76 Å². The van der Waals surface area contributed by atoms with Gasteiger partial charge in [0.15, 0.2) is 21.3 Å². The third kappa shape index (κ3) is 4.80. The van der Waals surface area contributed by atoms with Gasteiger partial charge >= 0.3 is 5.97 Å². The molecule has 0 aliphatic heterocycles. The number of hydrogen-bond donors (Lipinski definition) is 0. The van der Waals surface area contributed by atoms with Crippen LogP contribution in [0.1, 0.15) is 29.7 Å². The zero-order chi connectivity index (χ0) is 20.0. The van der Waals surface area contributed by atoms with E-state index in [1.807, 2.05) is 6.92 Å². The first-order valence-corrected chi connectivity index (χ1v) is 10.5. The number of ether oxygens (including phenoxy) is 2. The van der Waals surface area contributed by atoms with Gasteiger partial charge in [0.05, 0.1) is 11.5 Å². The third-order valence-electron chi connectivity index (χ3n) is 3.81. The first-order chi connectivity index (χ1) is 13.5. The minimum atomic E-state index is -3.57. The van der Waals surface area contributed by atoms with Gasteiger partial charge in [-0.3, -0.25) is 0 Å². The van der Waals surface area contributed by atoms with Gasteiger partial charge in [-0.1, -0.05) is 37.3 Å². The van der Waals surface area contributed by atoms with Gasteiger partial charge in [-0.15, -0.1) is 0 Å². The average Bonchev–Trinajstić information content (AvgIpc) is 3.16. The van der Waals surface area contributed by atoms with Crippen molar-refractivity contribution in [2.75, 3.05) is 6.61 Å². The predicted molar refractivity (Wildman–Crippen MR) is 103 cm³/mol. The van der Waals surface area contributed by atoms with Gasteiger partial charge in [0, 0.05) is 0 Å². The maximum Gasteiger partial charge on any atom is 0.379 e. The fraction of sp³-hybridized carbons (Fsp3) is 0.190. The summed E-state index contributed by atoms with van der Waals surface area (Å²) in [6, 6.07) is 17.7. The van der Waals surface area contributed by atoms with Crippen LogP contribution in [0, 0.1) is 0 Å². The highest BCUT2D eigenvalue weighted by Crippen LogP contribution is 2.28. The van der Waals surface area contributed by atoms with Crippen LogP contribution in [0.15, 0.2) is 76.0 Å². The van der Waals surface area contributed by atoms with Gasteiger partial charge in [-0.25, -0.2) is 13.2 Å². The van der Waals surface area contributed by atoms with E-state index in [-0.39, 0.29) is 27.9 Å². The van der Waals surface area contributed by atoms with Crippen molar-refractivity contribution in [1.82, 2.24) is 0 Å². The molecule has 146 valence electrons. The minimum absolute atomic E-state index is 0.0800. The van der Waals surface area contributed by atoms with Crippen LogP contribution < -0.4 is 9.47 Å². The van der Waals surface area contributed by atoms with Crippen LogP contribution in [0.3, 0.4) is 0 Å². The maximum absolute atomic E-state index is 12.4. The summed E-state index contributed by atoms with van der Waals surface area (Å²) < 4.78 is 41.2. The second-order valence-electron chi connectivity index (χ2n) is 6.02. The molecule has 0 saturated heterocycles. The minimum Gasteiger partial charge on any atom is -0.490 e. The third-order valence-corrected chi connectivity index (χ3v) is 5.47. The van der Waals surface area contributed by atoms with Crippen molar-refractivity contribution >= 4 is 15.8 Å². The van der Waals surface area contributed by atoms with E-state index in [2.05, 4.69) is 0 Å². The molecule has 6 nitrogen and oxygen atoms in total. The molecule has 0 N–H and O–H groups in total. The summed E-state index contributed by atoms with van der Waals surface area (Å²) in [7, 11) is -3.57. The highest BCUT2D eigenvalue weighted by molar-refractivity contribution is 7.90. The highest BCUT2D eigenvalue weighted by Gasteiger charge is 2.20. The lowest BCUT2D eigenvalue weighted by Gasteiger charge is -2.10. The molecule has 0 aliphatic carbocycles. The molecule has 0 radical (unpaired) electrons. The number of sulfone groups is 1. The van der Waals surface area contributed by atoms with Gasteiger partial charge in [0.1, 0.15) is 11.5 Å². The van der Waals surface area contributed by atoms with Crippen LogP contribution in [0.2, 0.25) is 0 Å². The number of rotatable bonds is 8. The topological polar surface area (TPSA) is 82.8 Å². The second kappa shape index (κ2) is 8.75. The number of benzene rings is 2. The zero-order valence-corrected chi connectivity index (χ0v) is 16.1. The molecule has 3 rings (SSSR count). The molecule has 0 atom stereocenters. The van der Waals surface area contributed by atoms with Crippen LogP contribution in [-0.2, 0) is 15.6 Å². The molecule has 2 aromatic carbocycles. The number of esters is 1. The highest BCUT2D eigenvalue weighted by atomic mass is 32.2. The Kier molecular flexibility index (Phi) is 6.16. The molecule has 0 spiro atoms. The Hall–Kier alpha value is -3.06. The van der Waals surface area contributed by atoms with Crippen molar-refractivity contribution in [2.45, 2.75) is 24.0 Å². The lowest BCUT2D eigenvalue weighted by Crippen LogP contribution is -2.09. The average molecular weight is 400 g/mol. The number of hydrogen-bond acceptors (Lipinski definition) is 6. The lowest BCUT2D eigenvalue weighted by molar-refractivity contribution is 0.0693. The Morgan fingerprint density at radius 2 is 1.61 bits per heavy atom. The largest absolute Gasteiger partial charge is 0.490 e. The van der Waals surface area contributed by atoms with Crippen LogP contribution in [0.4, 0.5) is 0 Å². The zero-order valence-electron chi connectivity index (χ0n) is 15.3. The smallest absolute Gasteiger partial charge is 0.379 e. The van der Waals surface area contributed by atoms with Crippen LogP contribution >= 0.6 is 0 Å². The Balaban J connectivity index is 1.71. The lowest BCUT2D eigenvalue weighted by atomic mass is 10.3. The molecule has 0 aliphatic rings. The van der Waals surface area contributed by atoms with Crippen LogP contribution in [0.5, 0.6) is 11.5 Å². The number of carbonyl (C=O) groups is 1. The summed E-state index contributed by atoms with van der Waals surface area (Å²) in [5.41, 5.74) is 0. The van der Waals surface area contributed by atoms with Gasteiger partial charge in [-0.2, -0.15) is 0 Å². The van der Waals surface area contributed by atoms with Crippen molar-refractivity contribution in [3.05, 3.63) is 78.3 Å². The first-order valence-electron chi connectivity index (χ1n) is 8.80. The predicted octanol–water partition coefficient (Wildman–Crippen LogP) is 4.26. The molecule has 0 unspecified atom stereocenters. The van der Waals surface area contributed by atoms with Crippen LogP contribution in [0.25, 0.3) is 0 Å². The van der Waals surface area contributed by atoms with Crippen molar-refractivity contribution in [3.63, 3.8) is 0 Å². The summed E-state index contributed by atoms with van der Waals surface area (Å²) in [6.07, 6.45) is 0.819. The normalized spacial score (nSPS) is 11.2. The Labute approximate surface area is 163 Å². The van der Waals surface area contributed by atoms with Crippen molar-refractivity contribution < 1.29 is 27.1 Å². The summed E-state index contributed by atoms with van der Waals surface area (Å²) in [4.78, 5) is 12.6. The van der Waals surface area contributed by atoms with E-state index >= 15 is 0 Å². The van der Waals surface area contributed by atoms with Gasteiger partial charge in [0.25, 0.3) is 0 Å². The van der Waals surface area contributed by atoms with Gasteiger partial charge < -0.3 is 13.9 Å². The SMILES string of the molecule is CCCOc1ccccc1OC(=O)c1ccc(CS(=O)(=O)c2ccccc2)o1. The van der Waals surface area contributed by atoms with Crippen LogP contribution in [-0.4, -0.2) is 21.0 Å². The number of carbonyl (C=O) groups excluding carboxylic acids is 1. The Morgan fingerprint density at radius 1 is 0.929 bits per heavy atom. The Morgan fingerprint density at radius 3 is 2.32 bits per heavy atom. The molecular weight excluding hydrogens is 380 g/mol. The molecule has 0 amide bonds. The quantitative estimate of drug-likeness (QED) is 0.415. The van der Waals surface area contributed by atoms with Crippen molar-refractivity contribution in [1.29, 1.82) is 0 Å². The van der Waals surface area contributed by atoms with E-state index in [0.717, 1.165) is 6.42 Å². The molecule has 0 bridgehead atoms. The second-order valence-corrected chi connectivity index (χ2v) is 8.01. The fourth-order valence-electron chi connectivity index (χ4n) is 2.48. The van der Waals surface area contributed by atoms with E-state index in [0.29, 0.717) is 12.4 Å². The molecule has 1 heterocycles. The van der Waals surface area contributed by atoms with E-state index in [1.165, 1.54) is 24.3 Å². The monoisotopic (exact) mass is 400 g/mol. The first kappa shape index (κ1) is 19.7. The molecule has 1 aromatic heterocycles. The standard InChI is InChI=1S/C21H20O6S/c1-2-14-25-18-10-6-7-11-19(18)27-21(22)20-13-12-16(26-20)15-28(23,24)17-8-4-3-5-9-17/h3-13H,2,14-15H2,1H3. The molecule has 0 fully saturated rings. The van der Waals surface area contributed by atoms with Gasteiger partial charge in [-0.05, 0) is 42.8 Å². The molecule has 3 aromatic rings. The molecule has 7 heteroatoms. The summed E-state index contributed by atoms with van der Waals surface area (Å²) in [6.45, 7) is 2.47. The maximum atomic E-state index is 12.4. The molecular formula is C21H20O6S. The summed E-state index contributed by atoms with van der Waals surface area (Å²) >= 11 is 0. The fourth-order valence-corrected chi connectivity index (χ4v) is 3.75. The number of furan rings is 1. The van der Waals surface area contributed by atoms with E-state index in [1.54, 1.807) is 42.5 Å². The summed E-state index contributed by atoms with van der Waals surface area (Å²) in [5, 5.41) is 0. The van der Waals surface area contributed by atoms with Crippen molar-refractivity contribution in [3.8, 4) is 11.5 Å². The molecule has 28 heavy (non-hydrogen) atoms. The summed E-state index contributed by atoms with van der Waals surface area (Å²) in [5.74, 6) is -0.266.